The third-order valence-corrected chi connectivity index (χ3v) is 2.83. The minimum Gasteiger partial charge on any atom is -0.494 e. The molecule has 0 saturated heterocycles. The van der Waals surface area contributed by atoms with Crippen LogP contribution in [0.2, 0.25) is 0 Å². The number of nitrogens with one attached hydrogen (secondary N) is 2. The molecule has 0 aliphatic heterocycles. The van der Waals surface area contributed by atoms with E-state index in [1.165, 1.54) is 19.2 Å². The van der Waals surface area contributed by atoms with E-state index in [4.69, 9.17) is 9.84 Å². The van der Waals surface area contributed by atoms with Crippen LogP contribution in [0, 0.1) is 5.82 Å². The molecule has 1 aromatic rings. The Kier molecular flexibility index (Phi) is 5.52. The lowest BCUT2D eigenvalue weighted by atomic mass is 9.99. The van der Waals surface area contributed by atoms with Gasteiger partial charge < -0.3 is 20.5 Å². The molecule has 0 spiro atoms. The van der Waals surface area contributed by atoms with Crippen LogP contribution >= 0.6 is 0 Å². The molecular formula is C14H19FN2O4. The van der Waals surface area contributed by atoms with Crippen LogP contribution in [0.4, 0.5) is 14.9 Å². The lowest BCUT2D eigenvalue weighted by molar-refractivity contribution is -0.137. The first-order chi connectivity index (χ1) is 9.73. The molecule has 3 N–H and O–H groups in total. The first-order valence-electron chi connectivity index (χ1n) is 6.38. The smallest absolute Gasteiger partial charge is 0.319 e. The largest absolute Gasteiger partial charge is 0.494 e. The van der Waals surface area contributed by atoms with Crippen LogP contribution in [-0.2, 0) is 4.79 Å². The van der Waals surface area contributed by atoms with Gasteiger partial charge in [-0.05, 0) is 32.4 Å². The molecule has 0 atom stereocenters. The molecule has 1 rings (SSSR count). The molecule has 0 unspecified atom stereocenters. The van der Waals surface area contributed by atoms with Crippen molar-refractivity contribution >= 4 is 17.7 Å². The third-order valence-electron chi connectivity index (χ3n) is 2.83. The van der Waals surface area contributed by atoms with Crippen molar-refractivity contribution in [2.75, 3.05) is 12.4 Å². The highest BCUT2D eigenvalue weighted by Gasteiger charge is 2.21. The van der Waals surface area contributed by atoms with Crippen molar-refractivity contribution < 1.29 is 23.8 Å². The average Bonchev–Trinajstić information content (AvgIpc) is 2.36. The molecule has 0 aliphatic carbocycles. The number of hydrogen-bond donors (Lipinski definition) is 3. The van der Waals surface area contributed by atoms with E-state index in [1.807, 2.05) is 0 Å². The first kappa shape index (κ1) is 16.7. The SMILES string of the molecule is COc1ccc(NC(=O)NC(C)(C)CCC(=O)O)cc1F. The van der Waals surface area contributed by atoms with E-state index in [-0.39, 0.29) is 24.3 Å². The maximum absolute atomic E-state index is 13.5. The standard InChI is InChI=1S/C14H19FN2O4/c1-14(2,7-6-12(18)19)17-13(20)16-9-4-5-11(21-3)10(15)8-9/h4-5,8H,6-7H2,1-3H3,(H,18,19)(H2,16,17,20). The van der Waals surface area contributed by atoms with Gasteiger partial charge in [-0.15, -0.1) is 0 Å². The lowest BCUT2D eigenvalue weighted by Gasteiger charge is -2.25. The number of carbonyl (C=O) groups excluding carboxylic acids is 1. The van der Waals surface area contributed by atoms with Crippen molar-refractivity contribution in [1.82, 2.24) is 5.32 Å². The summed E-state index contributed by atoms with van der Waals surface area (Å²) in [5.41, 5.74) is -0.409. The fraction of sp³-hybridized carbons (Fsp3) is 0.429. The van der Waals surface area contributed by atoms with Gasteiger partial charge in [-0.3, -0.25) is 4.79 Å². The number of hydrogen-bond acceptors (Lipinski definition) is 3. The quantitative estimate of drug-likeness (QED) is 0.753. The lowest BCUT2D eigenvalue weighted by Crippen LogP contribution is -2.45. The van der Waals surface area contributed by atoms with E-state index < -0.39 is 23.4 Å². The van der Waals surface area contributed by atoms with Crippen molar-refractivity contribution in [3.63, 3.8) is 0 Å². The normalized spacial score (nSPS) is 10.9. The summed E-state index contributed by atoms with van der Waals surface area (Å²) in [6, 6.07) is 3.52. The molecule has 0 heterocycles. The minimum absolute atomic E-state index is 0.0511. The Labute approximate surface area is 122 Å². The van der Waals surface area contributed by atoms with E-state index >= 15 is 0 Å². The molecular weight excluding hydrogens is 279 g/mol. The van der Waals surface area contributed by atoms with Gasteiger partial charge >= 0.3 is 12.0 Å². The highest BCUT2D eigenvalue weighted by Crippen LogP contribution is 2.20. The number of methoxy groups -OCH3 is 1. The monoisotopic (exact) mass is 298 g/mol. The zero-order valence-electron chi connectivity index (χ0n) is 12.2. The van der Waals surface area contributed by atoms with Gasteiger partial charge in [-0.25, -0.2) is 9.18 Å². The van der Waals surface area contributed by atoms with E-state index in [0.717, 1.165) is 6.07 Å². The summed E-state index contributed by atoms with van der Waals surface area (Å²) in [4.78, 5) is 22.4. The molecule has 0 aliphatic rings. The number of carbonyl (C=O) groups is 2. The van der Waals surface area contributed by atoms with Gasteiger partial charge in [0.25, 0.3) is 0 Å². The topological polar surface area (TPSA) is 87.7 Å². The van der Waals surface area contributed by atoms with Gasteiger partial charge in [0.05, 0.1) is 7.11 Å². The Morgan fingerprint density at radius 1 is 1.38 bits per heavy atom. The Morgan fingerprint density at radius 3 is 2.57 bits per heavy atom. The van der Waals surface area contributed by atoms with Crippen LogP contribution in [0.5, 0.6) is 5.75 Å². The van der Waals surface area contributed by atoms with Gasteiger partial charge in [-0.2, -0.15) is 0 Å². The number of rotatable bonds is 6. The highest BCUT2D eigenvalue weighted by atomic mass is 19.1. The summed E-state index contributed by atoms with van der Waals surface area (Å²) in [6.07, 6.45) is 0.233. The summed E-state index contributed by atoms with van der Waals surface area (Å²) >= 11 is 0. The molecule has 1 aromatic carbocycles. The second-order valence-electron chi connectivity index (χ2n) is 5.21. The molecule has 0 bridgehead atoms. The number of aliphatic carboxylic acids is 1. The summed E-state index contributed by atoms with van der Waals surface area (Å²) in [5.74, 6) is -1.43. The zero-order valence-corrected chi connectivity index (χ0v) is 12.2. The number of ether oxygens (including phenoxy) is 1. The van der Waals surface area contributed by atoms with E-state index in [2.05, 4.69) is 10.6 Å². The zero-order chi connectivity index (χ0) is 16.0. The summed E-state index contributed by atoms with van der Waals surface area (Å²) in [6.45, 7) is 3.42. The van der Waals surface area contributed by atoms with Crippen LogP contribution in [0.25, 0.3) is 0 Å². The summed E-state index contributed by atoms with van der Waals surface area (Å²) in [7, 11) is 1.35. The van der Waals surface area contributed by atoms with Crippen molar-refractivity contribution in [2.45, 2.75) is 32.2 Å². The number of benzene rings is 1. The molecule has 0 aromatic heterocycles. The van der Waals surface area contributed by atoms with E-state index in [1.54, 1.807) is 13.8 Å². The van der Waals surface area contributed by atoms with Crippen LogP contribution < -0.4 is 15.4 Å². The average molecular weight is 298 g/mol. The Morgan fingerprint density at radius 2 is 2.05 bits per heavy atom. The molecule has 6 nitrogen and oxygen atoms in total. The molecule has 0 fully saturated rings. The molecule has 2 amide bonds. The minimum atomic E-state index is -0.928. The van der Waals surface area contributed by atoms with Crippen LogP contribution in [0.1, 0.15) is 26.7 Å². The van der Waals surface area contributed by atoms with Gasteiger partial charge in [0, 0.05) is 23.7 Å². The van der Waals surface area contributed by atoms with E-state index in [0.29, 0.717) is 0 Å². The predicted octanol–water partition coefficient (Wildman–Crippen LogP) is 2.60. The molecule has 7 heteroatoms. The second-order valence-corrected chi connectivity index (χ2v) is 5.21. The number of amides is 2. The number of anilines is 1. The maximum Gasteiger partial charge on any atom is 0.319 e. The Hall–Kier alpha value is -2.31. The molecule has 116 valence electrons. The predicted molar refractivity (Wildman–Crippen MR) is 76.1 cm³/mol. The van der Waals surface area contributed by atoms with Crippen LogP contribution in [-0.4, -0.2) is 29.8 Å². The van der Waals surface area contributed by atoms with E-state index in [9.17, 15) is 14.0 Å². The molecule has 0 saturated carbocycles. The Bertz CT molecular complexity index is 532. The van der Waals surface area contributed by atoms with Crippen molar-refractivity contribution in [3.8, 4) is 5.75 Å². The fourth-order valence-electron chi connectivity index (χ4n) is 1.70. The van der Waals surface area contributed by atoms with Gasteiger partial charge in [0.1, 0.15) is 0 Å². The maximum atomic E-state index is 13.5. The highest BCUT2D eigenvalue weighted by molar-refractivity contribution is 5.89. The first-order valence-corrected chi connectivity index (χ1v) is 6.38. The third kappa shape index (κ3) is 5.68. The van der Waals surface area contributed by atoms with Gasteiger partial charge in [0.15, 0.2) is 11.6 Å². The summed E-state index contributed by atoms with van der Waals surface area (Å²) < 4.78 is 18.3. The van der Waals surface area contributed by atoms with Crippen molar-refractivity contribution in [1.29, 1.82) is 0 Å². The van der Waals surface area contributed by atoms with Gasteiger partial charge in [-0.1, -0.05) is 0 Å². The number of halogens is 1. The second kappa shape index (κ2) is 6.92. The van der Waals surface area contributed by atoms with Gasteiger partial charge in [0.2, 0.25) is 0 Å². The summed E-state index contributed by atoms with van der Waals surface area (Å²) in [5, 5.41) is 13.8. The van der Waals surface area contributed by atoms with Crippen molar-refractivity contribution in [3.05, 3.63) is 24.0 Å². The fourth-order valence-corrected chi connectivity index (χ4v) is 1.70. The number of carboxylic acids is 1. The Balaban J connectivity index is 2.60. The van der Waals surface area contributed by atoms with Crippen LogP contribution in [0.3, 0.4) is 0 Å². The van der Waals surface area contributed by atoms with Crippen molar-refractivity contribution in [2.24, 2.45) is 0 Å². The number of urea groups is 1. The number of carboxylic acid groups (broad SMARTS) is 1. The molecule has 0 radical (unpaired) electrons. The van der Waals surface area contributed by atoms with Crippen LogP contribution in [0.15, 0.2) is 18.2 Å². The molecule has 21 heavy (non-hydrogen) atoms.